The SMILES string of the molecule is COC(=O)c1cc(Cl)c(N)c(Cl)c1.[C-]#[N+]c1c(Cl)c(C#N)c(Cl)c(Cl)c1Cc1c(Cl)cc(COC=O)cc1Cl.[C-]#[N+]c1c(Cl)c(Cl)c(Cl)c(C#N)c1Cl.[Na+].[OH-]. The topological polar surface area (TPSA) is 165 Å². The van der Waals surface area contributed by atoms with Gasteiger partial charge in [0.15, 0.2) is 0 Å². The van der Waals surface area contributed by atoms with Gasteiger partial charge in [0.05, 0.1) is 87.8 Å². The molecule has 0 atom stereocenters. The Hall–Kier alpha value is -2.27. The molecule has 0 aliphatic rings. The van der Waals surface area contributed by atoms with Crippen LogP contribution in [-0.4, -0.2) is 25.0 Å². The third-order valence-corrected chi connectivity index (χ3v) is 10.7. The van der Waals surface area contributed by atoms with Crippen molar-refractivity contribution in [3.05, 3.63) is 136 Å². The van der Waals surface area contributed by atoms with E-state index in [2.05, 4.69) is 19.2 Å². The number of ether oxygens (including phenoxy) is 2. The van der Waals surface area contributed by atoms with Gasteiger partial charge in [0, 0.05) is 10.0 Å². The van der Waals surface area contributed by atoms with Gasteiger partial charge >= 0.3 is 35.5 Å². The summed E-state index contributed by atoms with van der Waals surface area (Å²) in [5.74, 6) is -0.496. The molecule has 0 spiro atoms. The number of hydrogen-bond donors (Lipinski definition) is 1. The van der Waals surface area contributed by atoms with Crippen LogP contribution >= 0.6 is 128 Å². The number of methoxy groups -OCH3 is 1. The number of carbonyl (C=O) groups is 2. The summed E-state index contributed by atoms with van der Waals surface area (Å²) < 4.78 is 9.17. The molecular weight excluding hydrogens is 959 g/mol. The summed E-state index contributed by atoms with van der Waals surface area (Å²) in [5.41, 5.74) is 7.29. The van der Waals surface area contributed by atoms with Crippen LogP contribution in [0.4, 0.5) is 17.1 Å². The van der Waals surface area contributed by atoms with Crippen molar-refractivity contribution >= 4 is 157 Å². The van der Waals surface area contributed by atoms with Crippen LogP contribution in [0.5, 0.6) is 0 Å². The molecule has 0 bridgehead atoms. The Balaban J connectivity index is 0.000000854. The second-order valence-corrected chi connectivity index (χ2v) is 13.8. The van der Waals surface area contributed by atoms with Crippen molar-refractivity contribution in [2.24, 2.45) is 0 Å². The summed E-state index contributed by atoms with van der Waals surface area (Å²) in [6, 6.07) is 9.59. The smallest absolute Gasteiger partial charge is 0.870 e. The van der Waals surface area contributed by atoms with E-state index >= 15 is 0 Å². The third-order valence-electron chi connectivity index (χ3n) is 6.45. The van der Waals surface area contributed by atoms with E-state index in [0.29, 0.717) is 33.2 Å². The summed E-state index contributed by atoms with van der Waals surface area (Å²) in [6.45, 7) is 14.5. The van der Waals surface area contributed by atoms with E-state index in [1.807, 2.05) is 6.07 Å². The van der Waals surface area contributed by atoms with Crippen LogP contribution in [0.1, 0.15) is 38.2 Å². The van der Waals surface area contributed by atoms with Gasteiger partial charge in [-0.1, -0.05) is 128 Å². The van der Waals surface area contributed by atoms with E-state index < -0.39 is 5.97 Å². The van der Waals surface area contributed by atoms with Crippen LogP contribution in [0, 0.1) is 35.8 Å². The average Bonchev–Trinajstić information content (AvgIpc) is 3.13. The minimum Gasteiger partial charge on any atom is -0.870 e. The molecule has 22 heteroatoms. The first-order valence-corrected chi connectivity index (χ1v) is 17.6. The second kappa shape index (κ2) is 24.5. The van der Waals surface area contributed by atoms with Gasteiger partial charge in [0.1, 0.15) is 18.7 Å². The molecule has 0 radical (unpaired) electrons. The molecule has 0 heterocycles. The number of nitriles is 2. The maximum absolute atomic E-state index is 11.0. The molecule has 3 N–H and O–H groups in total. The van der Waals surface area contributed by atoms with E-state index in [4.69, 9.17) is 157 Å². The number of anilines is 1. The Morgan fingerprint density at radius 2 is 1.18 bits per heavy atom. The quantitative estimate of drug-likeness (QED) is 0.0379. The predicted molar refractivity (Wildman–Crippen MR) is 214 cm³/mol. The number of hydrogen-bond acceptors (Lipinski definition) is 8. The minimum atomic E-state index is -0.496. The minimum absolute atomic E-state index is 0. The molecule has 0 aromatic heterocycles. The fourth-order valence-corrected chi connectivity index (χ4v) is 6.98. The van der Waals surface area contributed by atoms with Crippen molar-refractivity contribution < 1.29 is 54.1 Å². The Morgan fingerprint density at radius 1 is 0.727 bits per heavy atom. The molecule has 0 saturated carbocycles. The van der Waals surface area contributed by atoms with Gasteiger partial charge in [-0.2, -0.15) is 10.5 Å². The normalized spacial score (nSPS) is 9.45. The maximum Gasteiger partial charge on any atom is 1.00 e. The number of halogens is 11. The van der Waals surface area contributed by atoms with E-state index in [0.717, 1.165) is 0 Å². The van der Waals surface area contributed by atoms with Gasteiger partial charge in [0.25, 0.3) is 6.47 Å². The average molecular weight is 974 g/mol. The Labute approximate surface area is 391 Å². The number of esters is 1. The summed E-state index contributed by atoms with van der Waals surface area (Å²) in [7, 11) is 1.28. The van der Waals surface area contributed by atoms with Gasteiger partial charge < -0.3 is 20.7 Å². The zero-order valence-corrected chi connectivity index (χ0v) is 37.7. The van der Waals surface area contributed by atoms with Crippen molar-refractivity contribution in [3.63, 3.8) is 0 Å². The molecule has 0 aliphatic carbocycles. The second-order valence-electron chi connectivity index (χ2n) is 9.54. The van der Waals surface area contributed by atoms with Gasteiger partial charge in [0.2, 0.25) is 11.4 Å². The molecule has 10 nitrogen and oxygen atoms in total. The van der Waals surface area contributed by atoms with Crippen LogP contribution in [0.25, 0.3) is 9.69 Å². The van der Waals surface area contributed by atoms with Crippen molar-refractivity contribution in [2.75, 3.05) is 12.8 Å². The fraction of sp³-hybridized carbons (Fsp3) is 0.0909. The van der Waals surface area contributed by atoms with Gasteiger partial charge in [-0.25, -0.2) is 14.5 Å². The third kappa shape index (κ3) is 12.9. The monoisotopic (exact) mass is 969 g/mol. The first-order valence-electron chi connectivity index (χ1n) is 13.4. The predicted octanol–water partition coefficient (Wildman–Crippen LogP) is 10.6. The van der Waals surface area contributed by atoms with E-state index in [-0.39, 0.29) is 127 Å². The molecule has 0 aliphatic heterocycles. The molecule has 0 amide bonds. The zero-order valence-electron chi connectivity index (χ0n) is 27.4. The maximum atomic E-state index is 11.0. The van der Waals surface area contributed by atoms with Crippen LogP contribution in [-0.2, 0) is 27.3 Å². The first-order chi connectivity index (χ1) is 24.9. The van der Waals surface area contributed by atoms with Gasteiger partial charge in [-0.15, -0.1) is 0 Å². The molecular formula is C33H15Cl11N5NaO5. The van der Waals surface area contributed by atoms with E-state index in [9.17, 15) is 9.59 Å². The standard InChI is InChI=1S/C17H7Cl5N2O2.C8Cl4N2.C8H7Cl2NO2.Na.H2O/c1-24-17-10(14(20)15(21)11(5-23)16(17)22)4-9-12(18)2-8(3-13(9)19)6-26-7-25;1-14-8-5(10)3(2-13)4(9)6(11)7(8)12;1-13-8(12)4-2-5(9)7(11)6(10)3-4;;/h2-3,7H,4,6H2;;2-3H,11H2,1H3;;1H2/q;;;+1;/p-1. The number of nitrogen functional groups attached to an aromatic ring is 1. The van der Waals surface area contributed by atoms with Gasteiger partial charge in [-0.3, -0.25) is 4.79 Å². The number of nitrogens with zero attached hydrogens (tertiary/aromatic N) is 4. The molecule has 55 heavy (non-hydrogen) atoms. The Morgan fingerprint density at radius 3 is 1.60 bits per heavy atom. The molecule has 4 aromatic rings. The van der Waals surface area contributed by atoms with E-state index in [1.165, 1.54) is 19.2 Å². The Bertz CT molecular complexity index is 2220. The summed E-state index contributed by atoms with van der Waals surface area (Å²) in [4.78, 5) is 27.8. The largest absolute Gasteiger partial charge is 1.00 e. The van der Waals surface area contributed by atoms with Crippen LogP contribution in [0.15, 0.2) is 24.3 Å². The number of nitrogens with two attached hydrogens (primary N) is 1. The Kier molecular flexibility index (Phi) is 23.5. The van der Waals surface area contributed by atoms with Crippen LogP contribution in [0.2, 0.25) is 55.2 Å². The van der Waals surface area contributed by atoms with Crippen LogP contribution in [0.3, 0.4) is 0 Å². The summed E-state index contributed by atoms with van der Waals surface area (Å²) in [5, 5.41) is 18.7. The zero-order chi connectivity index (χ0) is 40.3. The van der Waals surface area contributed by atoms with E-state index in [1.54, 1.807) is 18.2 Å². The first kappa shape index (κ1) is 52.7. The molecule has 4 rings (SSSR count). The van der Waals surface area contributed by atoms with Crippen molar-refractivity contribution in [1.82, 2.24) is 0 Å². The molecule has 0 saturated heterocycles. The van der Waals surface area contributed by atoms with Gasteiger partial charge in [-0.05, 0) is 47.4 Å². The van der Waals surface area contributed by atoms with Crippen molar-refractivity contribution in [3.8, 4) is 12.1 Å². The molecule has 4 aromatic carbocycles. The number of carbonyl (C=O) groups excluding carboxylic acids is 2. The molecule has 0 unspecified atom stereocenters. The number of rotatable bonds is 6. The summed E-state index contributed by atoms with van der Waals surface area (Å²) in [6.07, 6.45) is 0.0776. The number of benzene rings is 4. The van der Waals surface area contributed by atoms with Crippen molar-refractivity contribution in [1.29, 1.82) is 10.5 Å². The fourth-order valence-electron chi connectivity index (χ4n) is 3.92. The molecule has 280 valence electrons. The summed E-state index contributed by atoms with van der Waals surface area (Å²) >= 11 is 65.3. The van der Waals surface area contributed by atoms with Crippen molar-refractivity contribution in [2.45, 2.75) is 13.0 Å². The molecule has 0 fully saturated rings. The van der Waals surface area contributed by atoms with Crippen LogP contribution < -0.4 is 35.3 Å².